The molecule has 2 aromatic rings. The van der Waals surface area contributed by atoms with E-state index in [2.05, 4.69) is 14.7 Å². The van der Waals surface area contributed by atoms with Crippen LogP contribution in [0.15, 0.2) is 47.9 Å². The number of H-pyrrole nitrogens is 1. The summed E-state index contributed by atoms with van der Waals surface area (Å²) in [7, 11) is -3.66. The summed E-state index contributed by atoms with van der Waals surface area (Å²) < 4.78 is 26.3. The second kappa shape index (κ2) is 5.98. The molecule has 7 heteroatoms. The molecule has 1 heterocycles. The fraction of sp³-hybridized carbons (Fsp3) is 0.231. The van der Waals surface area contributed by atoms with Gasteiger partial charge in [-0.15, -0.1) is 0 Å². The number of carbonyl (C=O) groups excluding carboxylic acids is 1. The number of hydrogen-bond donors (Lipinski definition) is 2. The van der Waals surface area contributed by atoms with Gasteiger partial charge < -0.3 is 4.98 Å². The van der Waals surface area contributed by atoms with E-state index < -0.39 is 16.1 Å². The molecule has 0 aliphatic carbocycles. The average molecular weight is 293 g/mol. The normalized spacial score (nSPS) is 13.1. The highest BCUT2D eigenvalue weighted by atomic mass is 32.2. The summed E-state index contributed by atoms with van der Waals surface area (Å²) in [6, 6.07) is 8.27. The number of sulfonamides is 1. The highest BCUT2D eigenvalue weighted by Gasteiger charge is 2.20. The maximum absolute atomic E-state index is 12.0. The summed E-state index contributed by atoms with van der Waals surface area (Å²) in [6.07, 6.45) is 2.60. The summed E-state index contributed by atoms with van der Waals surface area (Å²) in [5.41, 5.74) is 0.570. The van der Waals surface area contributed by atoms with Crippen LogP contribution in [0.2, 0.25) is 0 Å². The Morgan fingerprint density at radius 2 is 2.05 bits per heavy atom. The predicted octanol–water partition coefficient (Wildman–Crippen LogP) is 1.35. The van der Waals surface area contributed by atoms with Gasteiger partial charge in [-0.3, -0.25) is 4.79 Å². The minimum absolute atomic E-state index is 0.0171. The third-order valence-corrected chi connectivity index (χ3v) is 4.22. The first-order valence-corrected chi connectivity index (χ1v) is 7.56. The standard InChI is InChI=1S/C13H15N3O3S/c1-10(7-12(17)11-5-3-2-4-6-11)16-20(18,19)13-8-14-9-15-13/h2-6,8-10,16H,7H2,1H3,(H,14,15)/t10-/m1/s1. The number of carbonyl (C=O) groups is 1. The molecule has 0 radical (unpaired) electrons. The lowest BCUT2D eigenvalue weighted by Gasteiger charge is -2.12. The molecule has 0 aliphatic heterocycles. The zero-order chi connectivity index (χ0) is 14.6. The Morgan fingerprint density at radius 1 is 1.35 bits per heavy atom. The predicted molar refractivity (Wildman–Crippen MR) is 73.8 cm³/mol. The van der Waals surface area contributed by atoms with E-state index in [1.165, 1.54) is 12.5 Å². The Labute approximate surface area is 117 Å². The van der Waals surface area contributed by atoms with E-state index in [-0.39, 0.29) is 17.2 Å². The van der Waals surface area contributed by atoms with Crippen molar-refractivity contribution in [1.29, 1.82) is 0 Å². The van der Waals surface area contributed by atoms with Crippen LogP contribution in [0.25, 0.3) is 0 Å². The first-order chi connectivity index (χ1) is 9.49. The smallest absolute Gasteiger partial charge is 0.257 e. The Balaban J connectivity index is 2.00. The highest BCUT2D eigenvalue weighted by Crippen LogP contribution is 2.08. The third kappa shape index (κ3) is 3.52. The number of Topliss-reactive ketones (excluding diaryl/α,β-unsaturated/α-hetero) is 1. The van der Waals surface area contributed by atoms with Crippen molar-refractivity contribution in [1.82, 2.24) is 14.7 Å². The maximum atomic E-state index is 12.0. The van der Waals surface area contributed by atoms with Crippen molar-refractivity contribution >= 4 is 15.8 Å². The molecule has 6 nitrogen and oxygen atoms in total. The van der Waals surface area contributed by atoms with Crippen LogP contribution in [-0.2, 0) is 10.0 Å². The number of aromatic amines is 1. The largest absolute Gasteiger partial charge is 0.335 e. The van der Waals surface area contributed by atoms with Gasteiger partial charge in [-0.2, -0.15) is 0 Å². The fourth-order valence-corrected chi connectivity index (χ4v) is 2.93. The van der Waals surface area contributed by atoms with Crippen molar-refractivity contribution in [3.05, 3.63) is 48.4 Å². The second-order valence-electron chi connectivity index (χ2n) is 4.43. The molecule has 0 spiro atoms. The molecule has 2 rings (SSSR count). The van der Waals surface area contributed by atoms with Crippen LogP contribution < -0.4 is 4.72 Å². The van der Waals surface area contributed by atoms with Crippen molar-refractivity contribution in [2.24, 2.45) is 0 Å². The Bertz CT molecular complexity index is 666. The molecule has 0 aliphatic rings. The van der Waals surface area contributed by atoms with E-state index in [0.717, 1.165) is 0 Å². The molecular formula is C13H15N3O3S. The number of imidazole rings is 1. The number of ketones is 1. The van der Waals surface area contributed by atoms with Crippen LogP contribution in [0, 0.1) is 0 Å². The topological polar surface area (TPSA) is 91.9 Å². The molecule has 1 aromatic heterocycles. The van der Waals surface area contributed by atoms with Crippen molar-refractivity contribution < 1.29 is 13.2 Å². The molecule has 1 aromatic carbocycles. The number of nitrogens with zero attached hydrogens (tertiary/aromatic N) is 1. The molecule has 0 saturated heterocycles. The lowest BCUT2D eigenvalue weighted by Crippen LogP contribution is -2.34. The molecule has 0 unspecified atom stereocenters. The summed E-state index contributed by atoms with van der Waals surface area (Å²) in [6.45, 7) is 1.65. The molecule has 2 N–H and O–H groups in total. The monoisotopic (exact) mass is 293 g/mol. The Hall–Kier alpha value is -1.99. The maximum Gasteiger partial charge on any atom is 0.257 e. The van der Waals surface area contributed by atoms with Gasteiger partial charge in [0.15, 0.2) is 10.8 Å². The van der Waals surface area contributed by atoms with Gasteiger partial charge >= 0.3 is 0 Å². The van der Waals surface area contributed by atoms with Gasteiger partial charge in [0.2, 0.25) is 0 Å². The van der Waals surface area contributed by atoms with Gasteiger partial charge in [0, 0.05) is 18.0 Å². The van der Waals surface area contributed by atoms with E-state index in [9.17, 15) is 13.2 Å². The number of hydrogen-bond acceptors (Lipinski definition) is 4. The summed E-state index contributed by atoms with van der Waals surface area (Å²) in [4.78, 5) is 18.2. The number of rotatable bonds is 6. The summed E-state index contributed by atoms with van der Waals surface area (Å²) in [5.74, 6) is -0.106. The minimum Gasteiger partial charge on any atom is -0.335 e. The third-order valence-electron chi connectivity index (χ3n) is 2.71. The summed E-state index contributed by atoms with van der Waals surface area (Å²) in [5, 5.41) is -0.0171. The van der Waals surface area contributed by atoms with E-state index in [4.69, 9.17) is 0 Å². The van der Waals surface area contributed by atoms with E-state index >= 15 is 0 Å². The van der Waals surface area contributed by atoms with Crippen molar-refractivity contribution in [3.63, 3.8) is 0 Å². The van der Waals surface area contributed by atoms with Gasteiger partial charge in [0.05, 0.1) is 12.5 Å². The SMILES string of the molecule is C[C@H](CC(=O)c1ccccc1)NS(=O)(=O)c1cnc[nH]1. The van der Waals surface area contributed by atoms with Crippen LogP contribution in [0.4, 0.5) is 0 Å². The van der Waals surface area contributed by atoms with E-state index in [0.29, 0.717) is 5.56 Å². The number of nitrogens with one attached hydrogen (secondary N) is 2. The van der Waals surface area contributed by atoms with Crippen LogP contribution in [-0.4, -0.2) is 30.2 Å². The van der Waals surface area contributed by atoms with Crippen LogP contribution >= 0.6 is 0 Å². The fourth-order valence-electron chi connectivity index (χ4n) is 1.78. The first-order valence-electron chi connectivity index (χ1n) is 6.08. The van der Waals surface area contributed by atoms with E-state index in [1.54, 1.807) is 31.2 Å². The van der Waals surface area contributed by atoms with Crippen molar-refractivity contribution in [2.45, 2.75) is 24.4 Å². The molecule has 0 amide bonds. The number of aromatic nitrogens is 2. The highest BCUT2D eigenvalue weighted by molar-refractivity contribution is 7.89. The molecule has 0 saturated carbocycles. The number of benzene rings is 1. The lowest BCUT2D eigenvalue weighted by atomic mass is 10.1. The minimum atomic E-state index is -3.66. The molecule has 0 bridgehead atoms. The van der Waals surface area contributed by atoms with Gasteiger partial charge in [-0.25, -0.2) is 18.1 Å². The quantitative estimate of drug-likeness (QED) is 0.786. The van der Waals surface area contributed by atoms with Gasteiger partial charge in [-0.1, -0.05) is 30.3 Å². The van der Waals surface area contributed by atoms with Gasteiger partial charge in [0.25, 0.3) is 10.0 Å². The first kappa shape index (κ1) is 14.4. The van der Waals surface area contributed by atoms with Crippen LogP contribution in [0.5, 0.6) is 0 Å². The average Bonchev–Trinajstić information content (AvgIpc) is 2.93. The Kier molecular flexibility index (Phi) is 4.31. The lowest BCUT2D eigenvalue weighted by molar-refractivity contribution is 0.0975. The van der Waals surface area contributed by atoms with E-state index in [1.807, 2.05) is 6.07 Å². The van der Waals surface area contributed by atoms with Crippen molar-refractivity contribution in [2.75, 3.05) is 0 Å². The second-order valence-corrected chi connectivity index (χ2v) is 6.11. The molecular weight excluding hydrogens is 278 g/mol. The van der Waals surface area contributed by atoms with Crippen LogP contribution in [0.3, 0.4) is 0 Å². The van der Waals surface area contributed by atoms with Gasteiger partial charge in [-0.05, 0) is 6.92 Å². The molecule has 1 atom stereocenters. The molecule has 106 valence electrons. The molecule has 0 fully saturated rings. The zero-order valence-corrected chi connectivity index (χ0v) is 11.7. The zero-order valence-electron chi connectivity index (χ0n) is 10.9. The molecule has 20 heavy (non-hydrogen) atoms. The summed E-state index contributed by atoms with van der Waals surface area (Å²) >= 11 is 0. The van der Waals surface area contributed by atoms with Crippen LogP contribution in [0.1, 0.15) is 23.7 Å². The Morgan fingerprint density at radius 3 is 2.65 bits per heavy atom. The van der Waals surface area contributed by atoms with Crippen molar-refractivity contribution in [3.8, 4) is 0 Å². The van der Waals surface area contributed by atoms with Gasteiger partial charge in [0.1, 0.15) is 0 Å².